The minimum absolute atomic E-state index is 0.0983. The second kappa shape index (κ2) is 6.35. The number of aromatic nitrogens is 2. The molecule has 0 aliphatic heterocycles. The van der Waals surface area contributed by atoms with E-state index in [0.717, 1.165) is 35.8 Å². The van der Waals surface area contributed by atoms with Crippen molar-refractivity contribution in [3.63, 3.8) is 0 Å². The molecule has 1 aliphatic rings. The zero-order chi connectivity index (χ0) is 14.7. The van der Waals surface area contributed by atoms with Gasteiger partial charge in [0.1, 0.15) is 0 Å². The van der Waals surface area contributed by atoms with Crippen molar-refractivity contribution in [2.45, 2.75) is 37.4 Å². The van der Waals surface area contributed by atoms with Crippen molar-refractivity contribution in [1.29, 1.82) is 0 Å². The van der Waals surface area contributed by atoms with E-state index in [1.807, 2.05) is 25.1 Å². The Balaban J connectivity index is 1.57. The van der Waals surface area contributed by atoms with E-state index in [0.29, 0.717) is 11.8 Å². The van der Waals surface area contributed by atoms with Crippen LogP contribution in [0.15, 0.2) is 35.5 Å². The van der Waals surface area contributed by atoms with Crippen molar-refractivity contribution >= 4 is 17.7 Å². The first kappa shape index (κ1) is 14.2. The Morgan fingerprint density at radius 2 is 2.14 bits per heavy atom. The third kappa shape index (κ3) is 4.11. The number of amides is 1. The van der Waals surface area contributed by atoms with Gasteiger partial charge >= 0.3 is 0 Å². The Hall–Kier alpha value is -1.75. The van der Waals surface area contributed by atoms with Gasteiger partial charge in [0, 0.05) is 18.2 Å². The molecule has 0 spiro atoms. The highest BCUT2D eigenvalue weighted by atomic mass is 32.2. The lowest BCUT2D eigenvalue weighted by Crippen LogP contribution is -2.27. The second-order valence-electron chi connectivity index (χ2n) is 5.41. The number of imidazole rings is 1. The summed E-state index contributed by atoms with van der Waals surface area (Å²) in [6.07, 6.45) is 3.06. The number of carbonyl (C=O) groups excluding carboxylic acids is 1. The molecule has 0 radical (unpaired) electrons. The van der Waals surface area contributed by atoms with Gasteiger partial charge in [-0.3, -0.25) is 4.79 Å². The summed E-state index contributed by atoms with van der Waals surface area (Å²) in [6, 6.07) is 10.7. The maximum atomic E-state index is 11.7. The van der Waals surface area contributed by atoms with Gasteiger partial charge in [0.25, 0.3) is 0 Å². The quantitative estimate of drug-likeness (QED) is 0.807. The number of rotatable bonds is 6. The maximum absolute atomic E-state index is 11.7. The molecule has 2 N–H and O–H groups in total. The number of thioether (sulfide) groups is 1. The van der Waals surface area contributed by atoms with E-state index >= 15 is 0 Å². The summed E-state index contributed by atoms with van der Waals surface area (Å²) in [5.74, 6) is 0.523. The number of H-pyrrole nitrogens is 1. The topological polar surface area (TPSA) is 57.8 Å². The smallest absolute Gasteiger partial charge is 0.230 e. The fourth-order valence-electron chi connectivity index (χ4n) is 2.13. The molecule has 1 amide bonds. The number of benzene rings is 1. The Bertz CT molecular complexity index is 620. The molecule has 1 saturated carbocycles. The van der Waals surface area contributed by atoms with Crippen molar-refractivity contribution in [3.05, 3.63) is 47.3 Å². The molecule has 1 aliphatic carbocycles. The van der Waals surface area contributed by atoms with Crippen molar-refractivity contribution < 1.29 is 4.79 Å². The molecule has 21 heavy (non-hydrogen) atoms. The van der Waals surface area contributed by atoms with Crippen LogP contribution in [0.25, 0.3) is 0 Å². The van der Waals surface area contributed by atoms with E-state index in [2.05, 4.69) is 27.4 Å². The molecule has 0 unspecified atom stereocenters. The summed E-state index contributed by atoms with van der Waals surface area (Å²) in [4.78, 5) is 19.5. The number of aromatic amines is 1. The molecular weight excluding hydrogens is 282 g/mol. The predicted octanol–water partition coefficient (Wildman–Crippen LogP) is 2.68. The number of nitrogens with zero attached hydrogens (tertiary/aromatic N) is 1. The van der Waals surface area contributed by atoms with Gasteiger partial charge in [-0.25, -0.2) is 4.98 Å². The molecule has 0 saturated heterocycles. The molecule has 0 atom stereocenters. The van der Waals surface area contributed by atoms with Crippen LogP contribution in [-0.2, 0) is 11.2 Å². The molecule has 2 aromatic rings. The standard InChI is InChI=1S/C16H19N3OS/c1-11-14(9-12-5-3-2-4-6-12)19-16(17-11)21-10-15(20)18-13-7-8-13/h2-6,13H,7-10H2,1H3,(H,17,19)(H,18,20). The third-order valence-electron chi connectivity index (χ3n) is 3.46. The lowest BCUT2D eigenvalue weighted by atomic mass is 10.1. The van der Waals surface area contributed by atoms with Gasteiger partial charge in [0.2, 0.25) is 5.91 Å². The summed E-state index contributed by atoms with van der Waals surface area (Å²) in [6.45, 7) is 2.03. The van der Waals surface area contributed by atoms with E-state index in [1.165, 1.54) is 17.3 Å². The lowest BCUT2D eigenvalue weighted by Gasteiger charge is -2.00. The first-order valence-corrected chi connectivity index (χ1v) is 8.21. The van der Waals surface area contributed by atoms with Crippen molar-refractivity contribution in [2.75, 3.05) is 5.75 Å². The highest BCUT2D eigenvalue weighted by molar-refractivity contribution is 7.99. The van der Waals surface area contributed by atoms with Gasteiger partial charge in [-0.1, -0.05) is 42.1 Å². The van der Waals surface area contributed by atoms with Crippen LogP contribution in [0.3, 0.4) is 0 Å². The van der Waals surface area contributed by atoms with Gasteiger partial charge in [0.15, 0.2) is 5.16 Å². The van der Waals surface area contributed by atoms with E-state index in [9.17, 15) is 4.79 Å². The molecular formula is C16H19N3OS. The molecule has 3 rings (SSSR count). The monoisotopic (exact) mass is 301 g/mol. The van der Waals surface area contributed by atoms with Gasteiger partial charge in [0.05, 0.1) is 11.4 Å². The van der Waals surface area contributed by atoms with E-state index in [-0.39, 0.29) is 5.91 Å². The van der Waals surface area contributed by atoms with Crippen LogP contribution < -0.4 is 5.32 Å². The van der Waals surface area contributed by atoms with Crippen LogP contribution in [0, 0.1) is 6.92 Å². The zero-order valence-electron chi connectivity index (χ0n) is 12.1. The number of nitrogens with one attached hydrogen (secondary N) is 2. The van der Waals surface area contributed by atoms with Crippen LogP contribution in [0.5, 0.6) is 0 Å². The molecule has 0 bridgehead atoms. The van der Waals surface area contributed by atoms with Gasteiger partial charge < -0.3 is 10.3 Å². The highest BCUT2D eigenvalue weighted by Crippen LogP contribution is 2.21. The van der Waals surface area contributed by atoms with Crippen molar-refractivity contribution in [1.82, 2.24) is 15.3 Å². The van der Waals surface area contributed by atoms with E-state index < -0.39 is 0 Å². The fraction of sp³-hybridized carbons (Fsp3) is 0.375. The summed E-state index contributed by atoms with van der Waals surface area (Å²) in [7, 11) is 0. The summed E-state index contributed by atoms with van der Waals surface area (Å²) in [5.41, 5.74) is 3.37. The second-order valence-corrected chi connectivity index (χ2v) is 6.37. The average molecular weight is 301 g/mol. The summed E-state index contributed by atoms with van der Waals surface area (Å²) < 4.78 is 0. The summed E-state index contributed by atoms with van der Waals surface area (Å²) in [5, 5.41) is 3.81. The molecule has 1 heterocycles. The fourth-order valence-corrected chi connectivity index (χ4v) is 2.88. The van der Waals surface area contributed by atoms with Crippen LogP contribution in [0.1, 0.15) is 29.8 Å². The molecule has 1 aromatic heterocycles. The molecule has 110 valence electrons. The maximum Gasteiger partial charge on any atom is 0.230 e. The van der Waals surface area contributed by atoms with E-state index in [4.69, 9.17) is 0 Å². The van der Waals surface area contributed by atoms with Gasteiger partial charge in [-0.2, -0.15) is 0 Å². The third-order valence-corrected chi connectivity index (χ3v) is 4.33. The average Bonchev–Trinajstić information content (AvgIpc) is 3.22. The molecule has 4 nitrogen and oxygen atoms in total. The molecule has 5 heteroatoms. The SMILES string of the molecule is Cc1[nH]c(SCC(=O)NC2CC2)nc1Cc1ccccc1. The van der Waals surface area contributed by atoms with Crippen LogP contribution in [-0.4, -0.2) is 27.7 Å². The van der Waals surface area contributed by atoms with Gasteiger partial charge in [-0.05, 0) is 25.3 Å². The molecule has 1 aromatic carbocycles. The number of hydrogen-bond donors (Lipinski definition) is 2. The van der Waals surface area contributed by atoms with Crippen molar-refractivity contribution in [2.24, 2.45) is 0 Å². The van der Waals surface area contributed by atoms with E-state index in [1.54, 1.807) is 0 Å². The Labute approximate surface area is 128 Å². The Morgan fingerprint density at radius 1 is 1.38 bits per heavy atom. The van der Waals surface area contributed by atoms with Gasteiger partial charge in [-0.15, -0.1) is 0 Å². The zero-order valence-corrected chi connectivity index (χ0v) is 12.9. The normalized spacial score (nSPS) is 14.1. The Kier molecular flexibility index (Phi) is 4.29. The Morgan fingerprint density at radius 3 is 2.86 bits per heavy atom. The number of hydrogen-bond acceptors (Lipinski definition) is 3. The van der Waals surface area contributed by atoms with Crippen LogP contribution in [0.2, 0.25) is 0 Å². The minimum atomic E-state index is 0.0983. The first-order chi connectivity index (χ1) is 10.2. The predicted molar refractivity (Wildman–Crippen MR) is 84.5 cm³/mol. The molecule has 1 fully saturated rings. The largest absolute Gasteiger partial charge is 0.353 e. The number of aryl methyl sites for hydroxylation is 1. The highest BCUT2D eigenvalue weighted by Gasteiger charge is 2.23. The van der Waals surface area contributed by atoms with Crippen molar-refractivity contribution in [3.8, 4) is 0 Å². The van der Waals surface area contributed by atoms with Crippen LogP contribution >= 0.6 is 11.8 Å². The summed E-state index contributed by atoms with van der Waals surface area (Å²) >= 11 is 1.47. The first-order valence-electron chi connectivity index (χ1n) is 7.22. The number of carbonyl (C=O) groups is 1. The lowest BCUT2D eigenvalue weighted by molar-refractivity contribution is -0.118. The van der Waals surface area contributed by atoms with Crippen LogP contribution in [0.4, 0.5) is 0 Å². The minimum Gasteiger partial charge on any atom is -0.353 e.